The maximum Gasteiger partial charge on any atom is 0.233 e. The normalized spacial score (nSPS) is 26.2. The van der Waals surface area contributed by atoms with E-state index in [4.69, 9.17) is 0 Å². The first-order valence-corrected chi connectivity index (χ1v) is 10.5. The third-order valence-corrected chi connectivity index (χ3v) is 6.90. The number of benzene rings is 1. The second kappa shape index (κ2) is 7.40. The molecule has 3 saturated heterocycles. The molecule has 0 aromatic heterocycles. The average Bonchev–Trinajstić information content (AvgIpc) is 2.91. The van der Waals surface area contributed by atoms with Gasteiger partial charge in [-0.2, -0.15) is 0 Å². The molecule has 2 bridgehead atoms. The Kier molecular flexibility index (Phi) is 5.02. The van der Waals surface area contributed by atoms with Crippen molar-refractivity contribution in [1.82, 2.24) is 9.80 Å². The highest BCUT2D eigenvalue weighted by molar-refractivity contribution is 8.00. The van der Waals surface area contributed by atoms with E-state index in [2.05, 4.69) is 9.80 Å². The monoisotopic (exact) mass is 358 g/mol. The van der Waals surface area contributed by atoms with Gasteiger partial charge in [-0.25, -0.2) is 0 Å². The maximum absolute atomic E-state index is 12.8. The summed E-state index contributed by atoms with van der Waals surface area (Å²) in [5, 5.41) is 0. The summed E-state index contributed by atoms with van der Waals surface area (Å²) in [4.78, 5) is 30.7. The summed E-state index contributed by atoms with van der Waals surface area (Å²) in [6.45, 7) is 2.42. The van der Waals surface area contributed by atoms with Crippen LogP contribution < -0.4 is 0 Å². The molecule has 134 valence electrons. The fourth-order valence-electron chi connectivity index (χ4n) is 4.23. The van der Waals surface area contributed by atoms with Crippen molar-refractivity contribution in [3.63, 3.8) is 0 Å². The van der Waals surface area contributed by atoms with Crippen molar-refractivity contribution in [1.29, 1.82) is 0 Å². The summed E-state index contributed by atoms with van der Waals surface area (Å²) in [5.41, 5.74) is 0. The van der Waals surface area contributed by atoms with E-state index in [0.717, 1.165) is 50.2 Å². The van der Waals surface area contributed by atoms with Crippen LogP contribution in [-0.2, 0) is 9.59 Å². The van der Waals surface area contributed by atoms with E-state index >= 15 is 0 Å². The molecular weight excluding hydrogens is 332 g/mol. The number of fused-ring (bicyclic) bond motifs is 4. The zero-order chi connectivity index (χ0) is 17.2. The predicted octanol–water partition coefficient (Wildman–Crippen LogP) is 3.03. The van der Waals surface area contributed by atoms with Gasteiger partial charge in [-0.3, -0.25) is 9.59 Å². The minimum absolute atomic E-state index is 0.214. The number of carbonyl (C=O) groups excluding carboxylic acids is 2. The highest BCUT2D eigenvalue weighted by atomic mass is 32.2. The fourth-order valence-corrected chi connectivity index (χ4v) is 5.03. The van der Waals surface area contributed by atoms with Crippen LogP contribution in [-0.4, -0.2) is 53.0 Å². The van der Waals surface area contributed by atoms with Crippen LogP contribution in [0, 0.1) is 11.8 Å². The van der Waals surface area contributed by atoms with Gasteiger partial charge in [-0.15, -0.1) is 11.8 Å². The molecule has 3 heterocycles. The van der Waals surface area contributed by atoms with Gasteiger partial charge in [0.2, 0.25) is 11.8 Å². The SMILES string of the molecule is O=C(C1CCC1)N1C[C@H]2CC[C@@H](C1)N(C(=O)CSc1ccccc1)C2. The predicted molar refractivity (Wildman–Crippen MR) is 99.3 cm³/mol. The molecule has 0 spiro atoms. The van der Waals surface area contributed by atoms with Gasteiger partial charge in [0, 0.05) is 36.5 Å². The Balaban J connectivity index is 1.38. The molecule has 2 atom stereocenters. The quantitative estimate of drug-likeness (QED) is 0.777. The van der Waals surface area contributed by atoms with Crippen molar-refractivity contribution in [2.24, 2.45) is 11.8 Å². The number of nitrogens with zero attached hydrogens (tertiary/aromatic N) is 2. The Morgan fingerprint density at radius 1 is 1.00 bits per heavy atom. The van der Waals surface area contributed by atoms with Crippen molar-refractivity contribution in [3.8, 4) is 0 Å². The second-order valence-corrected chi connectivity index (χ2v) is 8.66. The molecule has 5 heteroatoms. The van der Waals surface area contributed by atoms with Gasteiger partial charge < -0.3 is 9.80 Å². The van der Waals surface area contributed by atoms with Crippen LogP contribution in [0.15, 0.2) is 35.2 Å². The van der Waals surface area contributed by atoms with E-state index in [-0.39, 0.29) is 17.9 Å². The molecule has 0 radical (unpaired) electrons. The minimum Gasteiger partial charge on any atom is -0.340 e. The van der Waals surface area contributed by atoms with E-state index in [1.807, 2.05) is 30.3 Å². The maximum atomic E-state index is 12.8. The molecule has 1 aromatic carbocycles. The summed E-state index contributed by atoms with van der Waals surface area (Å²) >= 11 is 1.61. The zero-order valence-corrected chi connectivity index (χ0v) is 15.4. The molecule has 4 nitrogen and oxygen atoms in total. The summed E-state index contributed by atoms with van der Waals surface area (Å²) in [5.74, 6) is 1.77. The number of hydrogen-bond acceptors (Lipinski definition) is 3. The summed E-state index contributed by atoms with van der Waals surface area (Å²) < 4.78 is 0. The minimum atomic E-state index is 0.214. The van der Waals surface area contributed by atoms with Gasteiger partial charge in [0.05, 0.1) is 5.75 Å². The lowest BCUT2D eigenvalue weighted by atomic mass is 9.84. The lowest BCUT2D eigenvalue weighted by Crippen LogP contribution is -2.49. The Morgan fingerprint density at radius 3 is 2.52 bits per heavy atom. The van der Waals surface area contributed by atoms with Crippen molar-refractivity contribution in [2.45, 2.75) is 43.0 Å². The Bertz CT molecular complexity index is 632. The number of carbonyl (C=O) groups is 2. The van der Waals surface area contributed by atoms with E-state index in [1.165, 1.54) is 6.42 Å². The molecular formula is C20H26N2O2S. The van der Waals surface area contributed by atoms with E-state index < -0.39 is 0 Å². The van der Waals surface area contributed by atoms with Crippen molar-refractivity contribution in [2.75, 3.05) is 25.4 Å². The average molecular weight is 359 g/mol. The smallest absolute Gasteiger partial charge is 0.233 e. The molecule has 0 N–H and O–H groups in total. The molecule has 2 amide bonds. The Morgan fingerprint density at radius 2 is 1.80 bits per heavy atom. The molecule has 0 unspecified atom stereocenters. The molecule has 1 aromatic rings. The first kappa shape index (κ1) is 17.0. The largest absolute Gasteiger partial charge is 0.340 e. The number of amides is 2. The van der Waals surface area contributed by atoms with Crippen LogP contribution in [0.3, 0.4) is 0 Å². The third-order valence-electron chi connectivity index (χ3n) is 5.91. The van der Waals surface area contributed by atoms with Crippen molar-refractivity contribution in [3.05, 3.63) is 30.3 Å². The first-order valence-electron chi connectivity index (χ1n) is 9.47. The van der Waals surface area contributed by atoms with E-state index in [1.54, 1.807) is 11.8 Å². The number of thioether (sulfide) groups is 1. The second-order valence-electron chi connectivity index (χ2n) is 7.62. The topological polar surface area (TPSA) is 40.6 Å². The Labute approximate surface area is 153 Å². The number of rotatable bonds is 4. The van der Waals surface area contributed by atoms with Crippen molar-refractivity contribution < 1.29 is 9.59 Å². The summed E-state index contributed by atoms with van der Waals surface area (Å²) in [7, 11) is 0. The lowest BCUT2D eigenvalue weighted by Gasteiger charge is -2.36. The van der Waals surface area contributed by atoms with Crippen LogP contribution in [0.4, 0.5) is 0 Å². The highest BCUT2D eigenvalue weighted by Crippen LogP contribution is 2.33. The molecule has 1 aliphatic carbocycles. The molecule has 4 aliphatic rings. The van der Waals surface area contributed by atoms with E-state index in [0.29, 0.717) is 17.6 Å². The summed E-state index contributed by atoms with van der Waals surface area (Å²) in [6.07, 6.45) is 5.50. The van der Waals surface area contributed by atoms with Crippen LogP contribution in [0.25, 0.3) is 0 Å². The standard InChI is InChI=1S/C20H26N2O2S/c23-19(14-25-18-7-2-1-3-8-18)22-12-15-9-10-17(22)13-21(11-15)20(24)16-5-4-6-16/h1-3,7-8,15-17H,4-6,9-14H2/t15-,17+/m1/s1. The van der Waals surface area contributed by atoms with Gasteiger partial charge in [0.1, 0.15) is 0 Å². The Hall–Kier alpha value is -1.49. The van der Waals surface area contributed by atoms with Crippen LogP contribution in [0.5, 0.6) is 0 Å². The van der Waals surface area contributed by atoms with Gasteiger partial charge in [-0.05, 0) is 43.7 Å². The number of hydrogen-bond donors (Lipinski definition) is 0. The van der Waals surface area contributed by atoms with Gasteiger partial charge in [-0.1, -0.05) is 24.6 Å². The third kappa shape index (κ3) is 3.71. The number of piperidine rings is 1. The van der Waals surface area contributed by atoms with Gasteiger partial charge in [0.25, 0.3) is 0 Å². The first-order chi connectivity index (χ1) is 12.2. The van der Waals surface area contributed by atoms with Crippen LogP contribution >= 0.6 is 11.8 Å². The van der Waals surface area contributed by atoms with Crippen LogP contribution in [0.1, 0.15) is 32.1 Å². The molecule has 4 fully saturated rings. The van der Waals surface area contributed by atoms with Gasteiger partial charge >= 0.3 is 0 Å². The molecule has 25 heavy (non-hydrogen) atoms. The lowest BCUT2D eigenvalue weighted by molar-refractivity contribution is -0.139. The molecule has 1 saturated carbocycles. The fraction of sp³-hybridized carbons (Fsp3) is 0.600. The molecule has 5 rings (SSSR count). The highest BCUT2D eigenvalue weighted by Gasteiger charge is 2.40. The van der Waals surface area contributed by atoms with Crippen LogP contribution in [0.2, 0.25) is 0 Å². The van der Waals surface area contributed by atoms with Crippen molar-refractivity contribution >= 4 is 23.6 Å². The van der Waals surface area contributed by atoms with E-state index in [9.17, 15) is 9.59 Å². The molecule has 3 aliphatic heterocycles. The van der Waals surface area contributed by atoms with Gasteiger partial charge in [0.15, 0.2) is 0 Å². The zero-order valence-electron chi connectivity index (χ0n) is 14.6. The summed E-state index contributed by atoms with van der Waals surface area (Å²) in [6, 6.07) is 10.3.